The molecule has 8 heteroatoms. The van der Waals surface area contributed by atoms with Crippen molar-refractivity contribution in [2.24, 2.45) is 5.92 Å². The largest absolute Gasteiger partial charge is 0.463 e. The van der Waals surface area contributed by atoms with Crippen molar-refractivity contribution in [3.63, 3.8) is 0 Å². The summed E-state index contributed by atoms with van der Waals surface area (Å²) in [5.41, 5.74) is 0. The molecule has 0 rings (SSSR count). The van der Waals surface area contributed by atoms with Gasteiger partial charge in [0.25, 0.3) is 0 Å². The number of hydrogen-bond donors (Lipinski definition) is 0. The molecule has 0 aromatic heterocycles. The summed E-state index contributed by atoms with van der Waals surface area (Å²) in [5, 5.41) is 0. The van der Waals surface area contributed by atoms with Gasteiger partial charge in [0.2, 0.25) is 0 Å². The fraction of sp³-hybridized carbons (Fsp3) is 0.952. The van der Waals surface area contributed by atoms with Crippen molar-refractivity contribution in [1.82, 2.24) is 0 Å². The maximum atomic E-state index is 11.1. The molecule has 1 unspecified atom stereocenters. The highest BCUT2D eigenvalue weighted by Crippen LogP contribution is 1.99. The van der Waals surface area contributed by atoms with Crippen LogP contribution in [0, 0.1) is 5.92 Å². The first-order valence-electron chi connectivity index (χ1n) is 10.8. The summed E-state index contributed by atoms with van der Waals surface area (Å²) in [7, 11) is 0. The van der Waals surface area contributed by atoms with Crippen molar-refractivity contribution in [2.45, 2.75) is 40.0 Å². The molecule has 0 saturated carbocycles. The van der Waals surface area contributed by atoms with Crippen molar-refractivity contribution in [1.29, 1.82) is 0 Å². The first kappa shape index (κ1) is 28.2. The van der Waals surface area contributed by atoms with Crippen LogP contribution in [-0.4, -0.2) is 91.9 Å². The Hall–Kier alpha value is -0.770. The molecule has 29 heavy (non-hydrogen) atoms. The minimum absolute atomic E-state index is 0.178. The van der Waals surface area contributed by atoms with Gasteiger partial charge in [-0.1, -0.05) is 27.2 Å². The van der Waals surface area contributed by atoms with Crippen LogP contribution in [-0.2, 0) is 38.0 Å². The molecule has 1 atom stereocenters. The Balaban J connectivity index is 3.06. The average Bonchev–Trinajstić information content (AvgIpc) is 2.72. The van der Waals surface area contributed by atoms with Crippen LogP contribution >= 0.6 is 0 Å². The molecule has 0 heterocycles. The Morgan fingerprint density at radius 1 is 0.621 bits per heavy atom. The van der Waals surface area contributed by atoms with Crippen LogP contribution in [0.3, 0.4) is 0 Å². The normalized spacial score (nSPS) is 12.2. The van der Waals surface area contributed by atoms with Crippen molar-refractivity contribution >= 4 is 5.97 Å². The van der Waals surface area contributed by atoms with Gasteiger partial charge in [0.05, 0.1) is 72.7 Å². The maximum Gasteiger partial charge on any atom is 0.305 e. The molecule has 0 bridgehead atoms. The van der Waals surface area contributed by atoms with Crippen LogP contribution in [0.2, 0.25) is 0 Å². The van der Waals surface area contributed by atoms with E-state index in [0.29, 0.717) is 91.6 Å². The Labute approximate surface area is 176 Å². The van der Waals surface area contributed by atoms with E-state index in [1.807, 2.05) is 6.92 Å². The monoisotopic (exact) mass is 422 g/mol. The second-order valence-electron chi connectivity index (χ2n) is 6.62. The number of rotatable bonds is 23. The molecule has 174 valence electrons. The third-order valence-corrected chi connectivity index (χ3v) is 3.90. The zero-order chi connectivity index (χ0) is 21.4. The third kappa shape index (κ3) is 23.4. The molecule has 0 fully saturated rings. The molecule has 0 N–H and O–H groups in total. The highest BCUT2D eigenvalue weighted by atomic mass is 16.6. The number of hydrogen-bond acceptors (Lipinski definition) is 8. The van der Waals surface area contributed by atoms with Crippen LogP contribution in [0.15, 0.2) is 0 Å². The van der Waals surface area contributed by atoms with E-state index < -0.39 is 0 Å². The summed E-state index contributed by atoms with van der Waals surface area (Å²) >= 11 is 0. The highest BCUT2D eigenvalue weighted by Gasteiger charge is 2.00. The zero-order valence-electron chi connectivity index (χ0n) is 18.7. The molecule has 0 amide bonds. The van der Waals surface area contributed by atoms with Gasteiger partial charge in [-0.05, 0) is 12.3 Å². The van der Waals surface area contributed by atoms with Gasteiger partial charge >= 0.3 is 5.97 Å². The molecule has 0 aliphatic rings. The summed E-state index contributed by atoms with van der Waals surface area (Å²) < 4.78 is 37.4. The van der Waals surface area contributed by atoms with E-state index in [9.17, 15) is 4.79 Å². The topological polar surface area (TPSA) is 81.7 Å². The lowest BCUT2D eigenvalue weighted by Gasteiger charge is -2.10. The summed E-state index contributed by atoms with van der Waals surface area (Å²) in [5.74, 6) is 0.424. The number of ether oxygens (including phenoxy) is 7. The summed E-state index contributed by atoms with van der Waals surface area (Å²) in [6.07, 6.45) is 2.39. The van der Waals surface area contributed by atoms with Crippen LogP contribution in [0.4, 0.5) is 0 Å². The Bertz CT molecular complexity index is 341. The zero-order valence-corrected chi connectivity index (χ0v) is 18.7. The van der Waals surface area contributed by atoms with Gasteiger partial charge in [-0.3, -0.25) is 4.79 Å². The van der Waals surface area contributed by atoms with E-state index in [1.165, 1.54) is 0 Å². The van der Waals surface area contributed by atoms with Crippen LogP contribution in [0.1, 0.15) is 40.0 Å². The van der Waals surface area contributed by atoms with E-state index in [0.717, 1.165) is 19.4 Å². The lowest BCUT2D eigenvalue weighted by Crippen LogP contribution is -2.15. The lowest BCUT2D eigenvalue weighted by molar-refractivity contribution is -0.145. The molecule has 0 aromatic rings. The Kier molecular flexibility index (Phi) is 22.9. The summed E-state index contributed by atoms with van der Waals surface area (Å²) in [6.45, 7) is 13.1. The molecule has 0 aliphatic heterocycles. The third-order valence-electron chi connectivity index (χ3n) is 3.90. The van der Waals surface area contributed by atoms with Crippen molar-refractivity contribution in [3.8, 4) is 0 Å². The SMILES string of the molecule is CCCC(=O)OCCOCCOCCOCCOCCOCCOCC(C)CC. The fourth-order valence-electron chi connectivity index (χ4n) is 1.99. The van der Waals surface area contributed by atoms with E-state index >= 15 is 0 Å². The number of esters is 1. The van der Waals surface area contributed by atoms with Gasteiger partial charge in [0, 0.05) is 13.0 Å². The summed E-state index contributed by atoms with van der Waals surface area (Å²) in [4.78, 5) is 11.1. The molecule has 0 aromatic carbocycles. The average molecular weight is 423 g/mol. The number of carbonyl (C=O) groups excluding carboxylic acids is 1. The van der Waals surface area contributed by atoms with Crippen molar-refractivity contribution in [2.75, 3.05) is 85.9 Å². The van der Waals surface area contributed by atoms with E-state index in [2.05, 4.69) is 13.8 Å². The van der Waals surface area contributed by atoms with Gasteiger partial charge in [0.1, 0.15) is 6.61 Å². The van der Waals surface area contributed by atoms with Crippen molar-refractivity contribution in [3.05, 3.63) is 0 Å². The lowest BCUT2D eigenvalue weighted by atomic mass is 10.1. The molecular weight excluding hydrogens is 380 g/mol. The van der Waals surface area contributed by atoms with Gasteiger partial charge < -0.3 is 33.2 Å². The van der Waals surface area contributed by atoms with E-state index in [4.69, 9.17) is 33.2 Å². The number of carbonyl (C=O) groups is 1. The maximum absolute atomic E-state index is 11.1. The first-order valence-corrected chi connectivity index (χ1v) is 10.8. The second kappa shape index (κ2) is 23.5. The molecule has 0 saturated heterocycles. The molecular formula is C21H42O8. The standard InChI is InChI=1S/C21H42O8/c1-4-6-21(22)29-18-17-27-14-13-25-10-9-23-7-8-24-11-12-26-15-16-28-19-20(3)5-2/h20H,4-19H2,1-3H3. The van der Waals surface area contributed by atoms with Crippen LogP contribution in [0.5, 0.6) is 0 Å². The second-order valence-corrected chi connectivity index (χ2v) is 6.62. The quantitative estimate of drug-likeness (QED) is 0.183. The highest BCUT2D eigenvalue weighted by molar-refractivity contribution is 5.69. The molecule has 0 radical (unpaired) electrons. The predicted octanol–water partition coefficient (Wildman–Crippen LogP) is 2.48. The molecule has 0 aliphatic carbocycles. The van der Waals surface area contributed by atoms with E-state index in [-0.39, 0.29) is 5.97 Å². The minimum Gasteiger partial charge on any atom is -0.463 e. The smallest absolute Gasteiger partial charge is 0.305 e. The molecule has 0 spiro atoms. The van der Waals surface area contributed by atoms with Gasteiger partial charge in [-0.15, -0.1) is 0 Å². The fourth-order valence-corrected chi connectivity index (χ4v) is 1.99. The Morgan fingerprint density at radius 3 is 1.38 bits per heavy atom. The van der Waals surface area contributed by atoms with Crippen LogP contribution < -0.4 is 0 Å². The summed E-state index contributed by atoms with van der Waals surface area (Å²) in [6, 6.07) is 0. The first-order chi connectivity index (χ1) is 14.2. The Morgan fingerprint density at radius 2 is 1.00 bits per heavy atom. The van der Waals surface area contributed by atoms with Gasteiger partial charge in [0.15, 0.2) is 0 Å². The van der Waals surface area contributed by atoms with Gasteiger partial charge in [-0.25, -0.2) is 0 Å². The minimum atomic E-state index is -0.178. The van der Waals surface area contributed by atoms with Crippen LogP contribution in [0.25, 0.3) is 0 Å². The van der Waals surface area contributed by atoms with Gasteiger partial charge in [-0.2, -0.15) is 0 Å². The van der Waals surface area contributed by atoms with E-state index in [1.54, 1.807) is 0 Å². The van der Waals surface area contributed by atoms with Crippen molar-refractivity contribution < 1.29 is 38.0 Å². The predicted molar refractivity (Wildman–Crippen MR) is 110 cm³/mol. The molecule has 8 nitrogen and oxygen atoms in total.